The van der Waals surface area contributed by atoms with Gasteiger partial charge in [-0.25, -0.2) is 9.18 Å². The fourth-order valence-corrected chi connectivity index (χ4v) is 2.87. The van der Waals surface area contributed by atoms with Crippen LogP contribution in [-0.2, 0) is 11.3 Å². The number of hydrogen-bond donors (Lipinski definition) is 1. The van der Waals surface area contributed by atoms with E-state index in [-0.39, 0.29) is 11.7 Å². The molecule has 114 valence electrons. The van der Waals surface area contributed by atoms with Crippen molar-refractivity contribution in [1.82, 2.24) is 10.5 Å². The Morgan fingerprint density at radius 2 is 2.14 bits per heavy atom. The summed E-state index contributed by atoms with van der Waals surface area (Å²) in [6.07, 6.45) is 5.75. The van der Waals surface area contributed by atoms with Gasteiger partial charge in [0.05, 0.1) is 5.56 Å². The van der Waals surface area contributed by atoms with E-state index in [1.807, 2.05) is 6.07 Å². The maximum absolute atomic E-state index is 13.8. The minimum Gasteiger partial charge on any atom is -0.367 e. The van der Waals surface area contributed by atoms with Gasteiger partial charge in [0.1, 0.15) is 5.82 Å². The van der Waals surface area contributed by atoms with Crippen LogP contribution in [0.4, 0.5) is 4.39 Å². The van der Waals surface area contributed by atoms with Gasteiger partial charge in [0.2, 0.25) is 0 Å². The number of pyridine rings is 1. The fraction of sp³-hybridized carbons (Fsp3) is 0.294. The maximum atomic E-state index is 13.8. The van der Waals surface area contributed by atoms with Gasteiger partial charge in [-0.1, -0.05) is 12.1 Å². The molecule has 0 spiro atoms. The second-order valence-electron chi connectivity index (χ2n) is 5.37. The summed E-state index contributed by atoms with van der Waals surface area (Å²) < 4.78 is 13.8. The third-order valence-corrected chi connectivity index (χ3v) is 3.98. The van der Waals surface area contributed by atoms with Crippen LogP contribution in [0.15, 0.2) is 42.7 Å². The number of halogens is 1. The monoisotopic (exact) mass is 300 g/mol. The number of fused-ring (bicyclic) bond motifs is 1. The molecule has 0 saturated carbocycles. The van der Waals surface area contributed by atoms with Gasteiger partial charge in [0.15, 0.2) is 0 Å². The molecule has 1 atom stereocenters. The van der Waals surface area contributed by atoms with Crippen molar-refractivity contribution < 1.29 is 14.0 Å². The van der Waals surface area contributed by atoms with E-state index >= 15 is 0 Å². The SMILES string of the molecule is O=C(ONCC1CCCc2c(F)cccc21)c1ccncc1. The zero-order valence-electron chi connectivity index (χ0n) is 12.1. The van der Waals surface area contributed by atoms with Gasteiger partial charge in [0.25, 0.3) is 0 Å². The summed E-state index contributed by atoms with van der Waals surface area (Å²) in [6.45, 7) is 0.479. The van der Waals surface area contributed by atoms with Crippen LogP contribution in [0, 0.1) is 5.82 Å². The van der Waals surface area contributed by atoms with E-state index in [1.54, 1.807) is 18.2 Å². The van der Waals surface area contributed by atoms with Gasteiger partial charge in [-0.3, -0.25) is 4.98 Å². The van der Waals surface area contributed by atoms with E-state index in [4.69, 9.17) is 4.84 Å². The van der Waals surface area contributed by atoms with Crippen LogP contribution in [0.2, 0.25) is 0 Å². The minimum atomic E-state index is -0.447. The van der Waals surface area contributed by atoms with Crippen molar-refractivity contribution in [3.63, 3.8) is 0 Å². The molecule has 1 aromatic heterocycles. The summed E-state index contributed by atoms with van der Waals surface area (Å²) in [5, 5.41) is 0. The fourth-order valence-electron chi connectivity index (χ4n) is 2.87. The number of hydrogen-bond acceptors (Lipinski definition) is 4. The van der Waals surface area contributed by atoms with Crippen LogP contribution in [0.1, 0.15) is 40.2 Å². The molecule has 1 unspecified atom stereocenters. The molecule has 0 saturated heterocycles. The molecule has 1 aliphatic carbocycles. The molecule has 5 heteroatoms. The topological polar surface area (TPSA) is 51.2 Å². The standard InChI is InChI=1S/C17H17FN2O2/c18-16-6-2-4-14-13(3-1-5-15(14)16)11-20-22-17(21)12-7-9-19-10-8-12/h2,4,6-10,13,20H,1,3,5,11H2. The highest BCUT2D eigenvalue weighted by Crippen LogP contribution is 2.32. The molecular formula is C17H17FN2O2. The lowest BCUT2D eigenvalue weighted by Crippen LogP contribution is -2.27. The molecule has 1 aliphatic rings. The smallest absolute Gasteiger partial charge is 0.356 e. The van der Waals surface area contributed by atoms with E-state index in [1.165, 1.54) is 18.5 Å². The molecule has 0 amide bonds. The van der Waals surface area contributed by atoms with Crippen molar-refractivity contribution in [1.29, 1.82) is 0 Å². The lowest BCUT2D eigenvalue weighted by Gasteiger charge is -2.25. The van der Waals surface area contributed by atoms with Crippen molar-refractivity contribution in [2.45, 2.75) is 25.2 Å². The molecule has 0 fully saturated rings. The van der Waals surface area contributed by atoms with E-state index in [9.17, 15) is 9.18 Å². The molecule has 0 bridgehead atoms. The Bertz CT molecular complexity index is 661. The lowest BCUT2D eigenvalue weighted by molar-refractivity contribution is 0.0238. The molecule has 22 heavy (non-hydrogen) atoms. The van der Waals surface area contributed by atoms with Gasteiger partial charge in [0, 0.05) is 24.9 Å². The molecule has 4 nitrogen and oxygen atoms in total. The molecule has 2 aromatic rings. The number of benzene rings is 1. The summed E-state index contributed by atoms with van der Waals surface area (Å²) >= 11 is 0. The van der Waals surface area contributed by atoms with Crippen molar-refractivity contribution in [2.75, 3.05) is 6.54 Å². The van der Waals surface area contributed by atoms with E-state index < -0.39 is 5.97 Å². The van der Waals surface area contributed by atoms with Crippen molar-refractivity contribution in [2.24, 2.45) is 0 Å². The number of rotatable bonds is 4. The van der Waals surface area contributed by atoms with E-state index in [0.29, 0.717) is 12.1 Å². The second-order valence-corrected chi connectivity index (χ2v) is 5.37. The molecule has 1 N–H and O–H groups in total. The highest BCUT2D eigenvalue weighted by molar-refractivity contribution is 5.88. The Morgan fingerprint density at radius 3 is 2.95 bits per heavy atom. The summed E-state index contributed by atoms with van der Waals surface area (Å²) in [4.78, 5) is 20.7. The number of nitrogens with one attached hydrogen (secondary N) is 1. The zero-order valence-corrected chi connectivity index (χ0v) is 12.1. The summed E-state index contributed by atoms with van der Waals surface area (Å²) in [5.74, 6) is -0.432. The number of carbonyl (C=O) groups excluding carboxylic acids is 1. The summed E-state index contributed by atoms with van der Waals surface area (Å²) in [6, 6.07) is 8.37. The Morgan fingerprint density at radius 1 is 1.32 bits per heavy atom. The van der Waals surface area contributed by atoms with Crippen LogP contribution in [0.5, 0.6) is 0 Å². The van der Waals surface area contributed by atoms with Crippen LogP contribution in [-0.4, -0.2) is 17.5 Å². The third-order valence-electron chi connectivity index (χ3n) is 3.98. The van der Waals surface area contributed by atoms with Crippen LogP contribution < -0.4 is 5.48 Å². The molecule has 1 heterocycles. The average Bonchev–Trinajstić information content (AvgIpc) is 2.56. The van der Waals surface area contributed by atoms with E-state index in [0.717, 1.165) is 30.4 Å². The molecule has 1 aromatic carbocycles. The van der Waals surface area contributed by atoms with Gasteiger partial charge < -0.3 is 4.84 Å². The lowest BCUT2D eigenvalue weighted by atomic mass is 9.82. The maximum Gasteiger partial charge on any atom is 0.356 e. The van der Waals surface area contributed by atoms with Crippen LogP contribution in [0.25, 0.3) is 0 Å². The molecule has 3 rings (SSSR count). The van der Waals surface area contributed by atoms with Gasteiger partial charge in [-0.15, -0.1) is 0 Å². The van der Waals surface area contributed by atoms with Crippen molar-refractivity contribution >= 4 is 5.97 Å². The van der Waals surface area contributed by atoms with Crippen LogP contribution in [0.3, 0.4) is 0 Å². The van der Waals surface area contributed by atoms with Gasteiger partial charge in [-0.2, -0.15) is 5.48 Å². The first-order valence-corrected chi connectivity index (χ1v) is 7.37. The first-order valence-electron chi connectivity index (χ1n) is 7.37. The normalized spacial score (nSPS) is 16.9. The Kier molecular flexibility index (Phi) is 4.44. The number of hydroxylamine groups is 1. The second kappa shape index (κ2) is 6.66. The molecule has 0 aliphatic heterocycles. The zero-order chi connectivity index (χ0) is 15.4. The summed E-state index contributed by atoms with van der Waals surface area (Å²) in [7, 11) is 0. The highest BCUT2D eigenvalue weighted by Gasteiger charge is 2.22. The predicted molar refractivity (Wildman–Crippen MR) is 79.7 cm³/mol. The first-order chi connectivity index (χ1) is 10.8. The number of aromatic nitrogens is 1. The third kappa shape index (κ3) is 3.14. The Labute approximate surface area is 128 Å². The predicted octanol–water partition coefficient (Wildman–Crippen LogP) is 3.00. The van der Waals surface area contributed by atoms with Crippen molar-refractivity contribution in [3.8, 4) is 0 Å². The van der Waals surface area contributed by atoms with Crippen molar-refractivity contribution in [3.05, 3.63) is 65.2 Å². The highest BCUT2D eigenvalue weighted by atomic mass is 19.1. The summed E-state index contributed by atoms with van der Waals surface area (Å²) in [5.41, 5.74) is 4.97. The van der Waals surface area contributed by atoms with Gasteiger partial charge >= 0.3 is 5.97 Å². The minimum absolute atomic E-state index is 0.143. The quantitative estimate of drug-likeness (QED) is 0.882. The molecular weight excluding hydrogens is 283 g/mol. The number of nitrogens with zero attached hydrogens (tertiary/aromatic N) is 1. The van der Waals surface area contributed by atoms with E-state index in [2.05, 4.69) is 10.5 Å². The van der Waals surface area contributed by atoms with Crippen LogP contribution >= 0.6 is 0 Å². The Hall–Kier alpha value is -2.27. The largest absolute Gasteiger partial charge is 0.367 e. The average molecular weight is 300 g/mol. The number of carbonyl (C=O) groups is 1. The Balaban J connectivity index is 1.59. The first kappa shape index (κ1) is 14.7. The molecule has 0 radical (unpaired) electrons. The van der Waals surface area contributed by atoms with Gasteiger partial charge in [-0.05, 0) is 48.6 Å².